The predicted octanol–water partition coefficient (Wildman–Crippen LogP) is 3.76. The molecule has 0 spiro atoms. The molecule has 108 valence electrons. The average Bonchev–Trinajstić information content (AvgIpc) is 3.00. The van der Waals surface area contributed by atoms with Crippen LogP contribution in [0, 0.1) is 6.92 Å². The summed E-state index contributed by atoms with van der Waals surface area (Å²) in [5, 5.41) is 2.98. The molecule has 1 aromatic heterocycles. The molecule has 1 unspecified atom stereocenters. The fourth-order valence-electron chi connectivity index (χ4n) is 2.76. The fourth-order valence-corrected chi connectivity index (χ4v) is 2.76. The molecule has 4 nitrogen and oxygen atoms in total. The van der Waals surface area contributed by atoms with Gasteiger partial charge in [0.2, 0.25) is 0 Å². The number of aromatic nitrogens is 1. The van der Waals surface area contributed by atoms with E-state index in [0.29, 0.717) is 0 Å². The molecule has 1 atom stereocenters. The second-order valence-electron chi connectivity index (χ2n) is 5.43. The lowest BCUT2D eigenvalue weighted by Crippen LogP contribution is -2.34. The van der Waals surface area contributed by atoms with Crippen LogP contribution >= 0.6 is 0 Å². The first-order valence-electron chi connectivity index (χ1n) is 7.28. The number of aryl methyl sites for hydroxylation is 1. The summed E-state index contributed by atoms with van der Waals surface area (Å²) >= 11 is 0. The minimum absolute atomic E-state index is 0.0368. The van der Waals surface area contributed by atoms with Gasteiger partial charge in [-0.05, 0) is 43.5 Å². The van der Waals surface area contributed by atoms with Crippen molar-refractivity contribution in [1.29, 1.82) is 0 Å². The van der Waals surface area contributed by atoms with Crippen LogP contribution in [0.5, 0.6) is 0 Å². The van der Waals surface area contributed by atoms with Gasteiger partial charge in [-0.3, -0.25) is 4.98 Å². The van der Waals surface area contributed by atoms with E-state index in [1.165, 1.54) is 5.56 Å². The van der Waals surface area contributed by atoms with Gasteiger partial charge in [-0.25, -0.2) is 4.79 Å². The molecule has 0 saturated carbocycles. The zero-order valence-corrected chi connectivity index (χ0v) is 12.1. The van der Waals surface area contributed by atoms with Crippen molar-refractivity contribution in [3.05, 3.63) is 59.9 Å². The standard InChI is InChI=1S/C17H19N3O/c1-13-6-8-15(9-7-13)19-17(21)20-11-3-5-16(20)14-4-2-10-18-12-14/h2,4,6-10,12,16H,3,5,11H2,1H3,(H,19,21). The first-order valence-corrected chi connectivity index (χ1v) is 7.28. The van der Waals surface area contributed by atoms with Crippen molar-refractivity contribution >= 4 is 11.7 Å². The largest absolute Gasteiger partial charge is 0.322 e. The molecule has 0 aliphatic carbocycles. The summed E-state index contributed by atoms with van der Waals surface area (Å²) in [4.78, 5) is 18.5. The number of benzene rings is 1. The number of nitrogens with one attached hydrogen (secondary N) is 1. The van der Waals surface area contributed by atoms with Gasteiger partial charge in [-0.15, -0.1) is 0 Å². The van der Waals surface area contributed by atoms with E-state index in [4.69, 9.17) is 0 Å². The van der Waals surface area contributed by atoms with Gasteiger partial charge in [-0.2, -0.15) is 0 Å². The van der Waals surface area contributed by atoms with E-state index in [0.717, 1.165) is 30.6 Å². The first kappa shape index (κ1) is 13.6. The third kappa shape index (κ3) is 3.05. The number of rotatable bonds is 2. The second kappa shape index (κ2) is 5.95. The summed E-state index contributed by atoms with van der Waals surface area (Å²) in [5.41, 5.74) is 3.12. The molecule has 2 heterocycles. The zero-order valence-electron chi connectivity index (χ0n) is 12.1. The quantitative estimate of drug-likeness (QED) is 0.911. The molecule has 1 saturated heterocycles. The number of hydrogen-bond acceptors (Lipinski definition) is 2. The monoisotopic (exact) mass is 281 g/mol. The number of amides is 2. The summed E-state index contributed by atoms with van der Waals surface area (Å²) in [6.07, 6.45) is 5.63. The van der Waals surface area contributed by atoms with Crippen molar-refractivity contribution in [2.75, 3.05) is 11.9 Å². The van der Waals surface area contributed by atoms with Crippen LogP contribution in [0.4, 0.5) is 10.5 Å². The average molecular weight is 281 g/mol. The third-order valence-corrected chi connectivity index (χ3v) is 3.89. The summed E-state index contributed by atoms with van der Waals surface area (Å²) < 4.78 is 0. The lowest BCUT2D eigenvalue weighted by atomic mass is 10.1. The Labute approximate surface area is 124 Å². The van der Waals surface area contributed by atoms with Gasteiger partial charge < -0.3 is 10.2 Å². The Morgan fingerprint density at radius 3 is 2.81 bits per heavy atom. The smallest absolute Gasteiger partial charge is 0.317 e. The summed E-state index contributed by atoms with van der Waals surface area (Å²) in [5.74, 6) is 0. The van der Waals surface area contributed by atoms with E-state index >= 15 is 0 Å². The van der Waals surface area contributed by atoms with E-state index in [1.807, 2.05) is 54.4 Å². The summed E-state index contributed by atoms with van der Waals surface area (Å²) in [7, 11) is 0. The maximum Gasteiger partial charge on any atom is 0.322 e. The Bertz CT molecular complexity index is 610. The van der Waals surface area contributed by atoms with Crippen LogP contribution < -0.4 is 5.32 Å². The Morgan fingerprint density at radius 1 is 1.29 bits per heavy atom. The topological polar surface area (TPSA) is 45.2 Å². The van der Waals surface area contributed by atoms with Crippen molar-refractivity contribution in [3.8, 4) is 0 Å². The van der Waals surface area contributed by atoms with Gasteiger partial charge in [0, 0.05) is 24.6 Å². The molecule has 3 rings (SSSR count). The van der Waals surface area contributed by atoms with Crippen molar-refractivity contribution in [3.63, 3.8) is 0 Å². The van der Waals surface area contributed by atoms with Gasteiger partial charge in [0.05, 0.1) is 6.04 Å². The van der Waals surface area contributed by atoms with E-state index in [-0.39, 0.29) is 12.1 Å². The normalized spacial score (nSPS) is 17.8. The highest BCUT2D eigenvalue weighted by Gasteiger charge is 2.30. The van der Waals surface area contributed by atoms with E-state index < -0.39 is 0 Å². The Hall–Kier alpha value is -2.36. The van der Waals surface area contributed by atoms with E-state index in [2.05, 4.69) is 10.3 Å². The maximum absolute atomic E-state index is 12.5. The lowest BCUT2D eigenvalue weighted by molar-refractivity contribution is 0.207. The zero-order chi connectivity index (χ0) is 14.7. The predicted molar refractivity (Wildman–Crippen MR) is 83.1 cm³/mol. The molecule has 4 heteroatoms. The number of hydrogen-bond donors (Lipinski definition) is 1. The molecule has 21 heavy (non-hydrogen) atoms. The number of carbonyl (C=O) groups excluding carboxylic acids is 1. The molecule has 1 aliphatic rings. The van der Waals surface area contributed by atoms with Crippen molar-refractivity contribution in [2.24, 2.45) is 0 Å². The molecule has 1 fully saturated rings. The van der Waals surface area contributed by atoms with Crippen LogP contribution in [0.1, 0.15) is 30.0 Å². The van der Waals surface area contributed by atoms with Gasteiger partial charge >= 0.3 is 6.03 Å². The molecule has 0 radical (unpaired) electrons. The van der Waals surface area contributed by atoms with Gasteiger partial charge in [-0.1, -0.05) is 23.8 Å². The van der Waals surface area contributed by atoms with Crippen LogP contribution in [0.3, 0.4) is 0 Å². The van der Waals surface area contributed by atoms with Crippen LogP contribution in [0.2, 0.25) is 0 Å². The number of urea groups is 1. The Balaban J connectivity index is 1.73. The highest BCUT2D eigenvalue weighted by atomic mass is 16.2. The van der Waals surface area contributed by atoms with Crippen LogP contribution in [0.25, 0.3) is 0 Å². The summed E-state index contributed by atoms with van der Waals surface area (Å²) in [6, 6.07) is 11.9. The van der Waals surface area contributed by atoms with Gasteiger partial charge in [0.15, 0.2) is 0 Å². The number of likely N-dealkylation sites (tertiary alicyclic amines) is 1. The van der Waals surface area contributed by atoms with E-state index in [1.54, 1.807) is 6.20 Å². The first-order chi connectivity index (χ1) is 10.2. The van der Waals surface area contributed by atoms with Crippen molar-refractivity contribution in [2.45, 2.75) is 25.8 Å². The SMILES string of the molecule is Cc1ccc(NC(=O)N2CCCC2c2cccnc2)cc1. The Kier molecular flexibility index (Phi) is 3.86. The molecule has 1 N–H and O–H groups in total. The van der Waals surface area contributed by atoms with Crippen LogP contribution in [0.15, 0.2) is 48.8 Å². The molecule has 0 bridgehead atoms. The molecule has 2 aromatic rings. The minimum atomic E-state index is -0.0368. The highest BCUT2D eigenvalue weighted by molar-refractivity contribution is 5.89. The highest BCUT2D eigenvalue weighted by Crippen LogP contribution is 2.31. The number of anilines is 1. The van der Waals surface area contributed by atoms with Crippen LogP contribution in [-0.4, -0.2) is 22.5 Å². The Morgan fingerprint density at radius 2 is 2.10 bits per heavy atom. The molecule has 2 amide bonds. The third-order valence-electron chi connectivity index (χ3n) is 3.89. The maximum atomic E-state index is 12.5. The second-order valence-corrected chi connectivity index (χ2v) is 5.43. The van der Waals surface area contributed by atoms with Crippen molar-refractivity contribution < 1.29 is 4.79 Å². The summed E-state index contributed by atoms with van der Waals surface area (Å²) in [6.45, 7) is 2.82. The minimum Gasteiger partial charge on any atom is -0.317 e. The number of nitrogens with zero attached hydrogens (tertiary/aromatic N) is 2. The van der Waals surface area contributed by atoms with Gasteiger partial charge in [0.1, 0.15) is 0 Å². The molecule has 1 aliphatic heterocycles. The molecular formula is C17H19N3O. The van der Waals surface area contributed by atoms with Crippen LogP contribution in [-0.2, 0) is 0 Å². The van der Waals surface area contributed by atoms with E-state index in [9.17, 15) is 4.79 Å². The number of carbonyl (C=O) groups is 1. The molecular weight excluding hydrogens is 262 g/mol. The number of pyridine rings is 1. The van der Waals surface area contributed by atoms with Crippen molar-refractivity contribution in [1.82, 2.24) is 9.88 Å². The lowest BCUT2D eigenvalue weighted by Gasteiger charge is -2.25. The van der Waals surface area contributed by atoms with Gasteiger partial charge in [0.25, 0.3) is 0 Å². The fraction of sp³-hybridized carbons (Fsp3) is 0.294. The molecule has 1 aromatic carbocycles.